The highest BCUT2D eigenvalue weighted by atomic mass is 19.1. The second kappa shape index (κ2) is 4.32. The second-order valence-corrected chi connectivity index (χ2v) is 3.48. The van der Waals surface area contributed by atoms with Crippen LogP contribution in [0.25, 0.3) is 0 Å². The van der Waals surface area contributed by atoms with Gasteiger partial charge in [0.05, 0.1) is 18.7 Å². The van der Waals surface area contributed by atoms with Gasteiger partial charge in [0.1, 0.15) is 5.82 Å². The van der Waals surface area contributed by atoms with E-state index in [1.807, 2.05) is 0 Å². The third-order valence-electron chi connectivity index (χ3n) is 2.31. The molecule has 0 radical (unpaired) electrons. The molecule has 0 atom stereocenters. The van der Waals surface area contributed by atoms with Crippen molar-refractivity contribution in [3.05, 3.63) is 57.8 Å². The summed E-state index contributed by atoms with van der Waals surface area (Å²) in [6.45, 7) is -0.0396. The molecule has 2 rings (SSSR count). The number of aliphatic hydroxyl groups excluding tert-OH is 1. The van der Waals surface area contributed by atoms with Crippen molar-refractivity contribution in [2.45, 2.75) is 13.2 Å². The average Bonchev–Trinajstić information content (AvgIpc) is 2.60. The number of hydrogen-bond donors (Lipinski definition) is 2. The van der Waals surface area contributed by atoms with Crippen molar-refractivity contribution in [3.63, 3.8) is 0 Å². The van der Waals surface area contributed by atoms with Gasteiger partial charge in [0, 0.05) is 6.20 Å². The zero-order chi connectivity index (χ0) is 11.5. The molecule has 0 aliphatic carbocycles. The highest BCUT2D eigenvalue weighted by Crippen LogP contribution is 2.04. The fourth-order valence-corrected chi connectivity index (χ4v) is 1.50. The molecule has 0 saturated carbocycles. The lowest BCUT2D eigenvalue weighted by Crippen LogP contribution is -2.19. The van der Waals surface area contributed by atoms with Gasteiger partial charge in [0.15, 0.2) is 0 Å². The van der Waals surface area contributed by atoms with Crippen LogP contribution in [0.2, 0.25) is 0 Å². The largest absolute Gasteiger partial charge is 0.391 e. The number of nitrogens with zero attached hydrogens (tertiary/aromatic N) is 1. The SMILES string of the molecule is O=c1c(CO)c[nH]n1Cc1cccc(F)c1. The number of aromatic amines is 1. The van der Waals surface area contributed by atoms with E-state index in [4.69, 9.17) is 5.11 Å². The molecule has 0 aliphatic heterocycles. The number of aromatic nitrogens is 2. The van der Waals surface area contributed by atoms with Crippen LogP contribution >= 0.6 is 0 Å². The molecule has 1 aromatic carbocycles. The lowest BCUT2D eigenvalue weighted by Gasteiger charge is -2.01. The van der Waals surface area contributed by atoms with E-state index in [1.54, 1.807) is 12.1 Å². The minimum atomic E-state index is -0.334. The van der Waals surface area contributed by atoms with E-state index in [0.29, 0.717) is 11.1 Å². The van der Waals surface area contributed by atoms with Crippen molar-refractivity contribution < 1.29 is 9.50 Å². The number of hydrogen-bond acceptors (Lipinski definition) is 2. The van der Waals surface area contributed by atoms with Crippen LogP contribution in [0.3, 0.4) is 0 Å². The van der Waals surface area contributed by atoms with Crippen LogP contribution in [0.15, 0.2) is 35.3 Å². The molecule has 0 saturated heterocycles. The molecule has 0 bridgehead atoms. The molecule has 2 N–H and O–H groups in total. The Kier molecular flexibility index (Phi) is 2.87. The van der Waals surface area contributed by atoms with Crippen molar-refractivity contribution in [1.29, 1.82) is 0 Å². The summed E-state index contributed by atoms with van der Waals surface area (Å²) in [4.78, 5) is 11.6. The van der Waals surface area contributed by atoms with Gasteiger partial charge in [-0.2, -0.15) is 0 Å². The van der Waals surface area contributed by atoms with Crippen LogP contribution in [0.4, 0.5) is 4.39 Å². The molecular weight excluding hydrogens is 211 g/mol. The van der Waals surface area contributed by atoms with Crippen molar-refractivity contribution in [2.24, 2.45) is 0 Å². The zero-order valence-corrected chi connectivity index (χ0v) is 8.48. The molecule has 1 heterocycles. The van der Waals surface area contributed by atoms with Crippen molar-refractivity contribution >= 4 is 0 Å². The summed E-state index contributed by atoms with van der Waals surface area (Å²) in [6.07, 6.45) is 1.45. The van der Waals surface area contributed by atoms with Gasteiger partial charge in [0.2, 0.25) is 0 Å². The van der Waals surface area contributed by atoms with E-state index in [1.165, 1.54) is 23.0 Å². The molecule has 1 aromatic heterocycles. The van der Waals surface area contributed by atoms with E-state index < -0.39 is 0 Å². The Morgan fingerprint density at radius 1 is 1.44 bits per heavy atom. The summed E-state index contributed by atoms with van der Waals surface area (Å²) in [7, 11) is 0. The van der Waals surface area contributed by atoms with Crippen LogP contribution < -0.4 is 5.56 Å². The summed E-state index contributed by atoms with van der Waals surface area (Å²) in [5.74, 6) is -0.334. The predicted octanol–water partition coefficient (Wildman–Crippen LogP) is 0.856. The van der Waals surface area contributed by atoms with Crippen LogP contribution in [-0.4, -0.2) is 14.9 Å². The Morgan fingerprint density at radius 2 is 2.25 bits per heavy atom. The first-order valence-electron chi connectivity index (χ1n) is 4.83. The maximum Gasteiger partial charge on any atom is 0.272 e. The zero-order valence-electron chi connectivity index (χ0n) is 8.48. The van der Waals surface area contributed by atoms with Crippen molar-refractivity contribution in [1.82, 2.24) is 9.78 Å². The normalized spacial score (nSPS) is 10.6. The van der Waals surface area contributed by atoms with Gasteiger partial charge in [-0.3, -0.25) is 4.79 Å². The summed E-state index contributed by atoms with van der Waals surface area (Å²) in [5, 5.41) is 11.6. The molecule has 16 heavy (non-hydrogen) atoms. The number of halogens is 1. The number of benzene rings is 1. The Balaban J connectivity index is 2.27. The molecule has 0 aliphatic rings. The molecule has 0 unspecified atom stereocenters. The lowest BCUT2D eigenvalue weighted by molar-refractivity contribution is 0.280. The maximum absolute atomic E-state index is 12.9. The Hall–Kier alpha value is -1.88. The van der Waals surface area contributed by atoms with E-state index in [0.717, 1.165) is 0 Å². The number of H-pyrrole nitrogens is 1. The molecule has 5 heteroatoms. The smallest absolute Gasteiger partial charge is 0.272 e. The van der Waals surface area contributed by atoms with Gasteiger partial charge < -0.3 is 10.2 Å². The van der Waals surface area contributed by atoms with Crippen LogP contribution in [0.5, 0.6) is 0 Å². The van der Waals surface area contributed by atoms with Gasteiger partial charge in [-0.15, -0.1) is 0 Å². The summed E-state index contributed by atoms with van der Waals surface area (Å²) in [6, 6.07) is 6.03. The average molecular weight is 222 g/mol. The third kappa shape index (κ3) is 2.04. The highest BCUT2D eigenvalue weighted by Gasteiger charge is 2.05. The lowest BCUT2D eigenvalue weighted by atomic mass is 10.2. The second-order valence-electron chi connectivity index (χ2n) is 3.48. The molecule has 0 spiro atoms. The van der Waals surface area contributed by atoms with Gasteiger partial charge in [-0.25, -0.2) is 9.07 Å². The Labute approximate surface area is 90.9 Å². The topological polar surface area (TPSA) is 58.0 Å². The summed E-state index contributed by atoms with van der Waals surface area (Å²) < 4.78 is 14.2. The molecule has 0 amide bonds. The van der Waals surface area contributed by atoms with E-state index >= 15 is 0 Å². The van der Waals surface area contributed by atoms with Gasteiger partial charge >= 0.3 is 0 Å². The van der Waals surface area contributed by atoms with E-state index in [-0.39, 0.29) is 24.5 Å². The van der Waals surface area contributed by atoms with Crippen LogP contribution in [-0.2, 0) is 13.2 Å². The standard InChI is InChI=1S/C11H11FN2O2/c12-10-3-1-2-8(4-10)6-14-11(16)9(7-15)5-13-14/h1-5,13,15H,6-7H2. The molecular formula is C11H11FN2O2. The quantitative estimate of drug-likeness (QED) is 0.809. The number of rotatable bonds is 3. The van der Waals surface area contributed by atoms with Crippen molar-refractivity contribution in [2.75, 3.05) is 0 Å². The number of aliphatic hydroxyl groups is 1. The van der Waals surface area contributed by atoms with Gasteiger partial charge in [-0.1, -0.05) is 12.1 Å². The fraction of sp³-hybridized carbons (Fsp3) is 0.182. The summed E-state index contributed by atoms with van der Waals surface area (Å²) >= 11 is 0. The number of nitrogens with one attached hydrogen (secondary N) is 1. The monoisotopic (exact) mass is 222 g/mol. The molecule has 84 valence electrons. The highest BCUT2D eigenvalue weighted by molar-refractivity contribution is 5.17. The van der Waals surface area contributed by atoms with E-state index in [2.05, 4.69) is 5.10 Å². The van der Waals surface area contributed by atoms with Crippen LogP contribution in [0.1, 0.15) is 11.1 Å². The first-order valence-corrected chi connectivity index (χ1v) is 4.83. The van der Waals surface area contributed by atoms with Gasteiger partial charge in [-0.05, 0) is 17.7 Å². The minimum Gasteiger partial charge on any atom is -0.391 e. The Bertz CT molecular complexity index is 545. The third-order valence-corrected chi connectivity index (χ3v) is 2.31. The van der Waals surface area contributed by atoms with Crippen molar-refractivity contribution in [3.8, 4) is 0 Å². The first-order chi connectivity index (χ1) is 7.70. The molecule has 4 nitrogen and oxygen atoms in total. The molecule has 2 aromatic rings. The molecule has 0 fully saturated rings. The maximum atomic E-state index is 12.9. The van der Waals surface area contributed by atoms with Gasteiger partial charge in [0.25, 0.3) is 5.56 Å². The van der Waals surface area contributed by atoms with Crippen LogP contribution in [0, 0.1) is 5.82 Å². The fourth-order valence-electron chi connectivity index (χ4n) is 1.50. The van der Waals surface area contributed by atoms with E-state index in [9.17, 15) is 9.18 Å². The predicted molar refractivity (Wildman–Crippen MR) is 56.5 cm³/mol. The Morgan fingerprint density at radius 3 is 2.88 bits per heavy atom. The minimum absolute atomic E-state index is 0.261. The summed E-state index contributed by atoms with van der Waals surface area (Å²) in [5.41, 5.74) is 0.705. The first kappa shape index (κ1) is 10.6.